The Labute approximate surface area is 109 Å². The molecule has 0 heterocycles. The fourth-order valence-electron chi connectivity index (χ4n) is 1.01. The van der Waals surface area contributed by atoms with Gasteiger partial charge in [0.15, 0.2) is 0 Å². The van der Waals surface area contributed by atoms with Crippen LogP contribution in [0.25, 0.3) is 0 Å². The van der Waals surface area contributed by atoms with E-state index in [1.807, 2.05) is 20.8 Å². The first-order valence-electron chi connectivity index (χ1n) is 5.78. The molecule has 0 spiro atoms. The van der Waals surface area contributed by atoms with Crippen LogP contribution in [-0.4, -0.2) is 35.4 Å². The van der Waals surface area contributed by atoms with Crippen LogP contribution in [0.15, 0.2) is 0 Å². The molecule has 2 atom stereocenters. The highest BCUT2D eigenvalue weighted by Gasteiger charge is 2.58. The number of carboxylic acid groups (broad SMARTS) is 1. The van der Waals surface area contributed by atoms with E-state index < -0.39 is 23.7 Å². The van der Waals surface area contributed by atoms with E-state index in [9.17, 15) is 22.8 Å². The quantitative estimate of drug-likeness (QED) is 0.722. The lowest BCUT2D eigenvalue weighted by Crippen LogP contribution is -2.63. The number of alkyl halides is 3. The average Bonchev–Trinajstić information content (AvgIpc) is 2.23. The maximum Gasteiger partial charge on any atom is 0.422 e. The fourth-order valence-corrected chi connectivity index (χ4v) is 1.01. The number of nitrogens with one attached hydrogen (secondary N) is 2. The molecule has 0 aliphatic heterocycles. The SMILES string of the molecule is CC(C)C(C)CNC(=O)NC(C)(C(=O)O)C(F)(F)F. The van der Waals surface area contributed by atoms with Gasteiger partial charge in [0.2, 0.25) is 5.54 Å². The summed E-state index contributed by atoms with van der Waals surface area (Å²) in [6.07, 6.45) is -5.08. The number of urea groups is 1. The van der Waals surface area contributed by atoms with Gasteiger partial charge in [0.1, 0.15) is 0 Å². The second-order valence-corrected chi connectivity index (χ2v) is 4.98. The molecule has 0 aromatic rings. The predicted octanol–water partition coefficient (Wildman–Crippen LogP) is 1.98. The van der Waals surface area contributed by atoms with Gasteiger partial charge in [-0.2, -0.15) is 13.2 Å². The van der Waals surface area contributed by atoms with Crippen molar-refractivity contribution in [1.29, 1.82) is 0 Å². The molecule has 0 rings (SSSR count). The van der Waals surface area contributed by atoms with Crippen molar-refractivity contribution in [3.8, 4) is 0 Å². The van der Waals surface area contributed by atoms with Crippen molar-refractivity contribution < 1.29 is 27.9 Å². The van der Waals surface area contributed by atoms with Gasteiger partial charge < -0.3 is 15.7 Å². The van der Waals surface area contributed by atoms with Crippen molar-refractivity contribution in [1.82, 2.24) is 10.6 Å². The number of halogens is 3. The first-order valence-corrected chi connectivity index (χ1v) is 5.78. The summed E-state index contributed by atoms with van der Waals surface area (Å²) in [5.41, 5.74) is -3.31. The number of aliphatic carboxylic acids is 1. The summed E-state index contributed by atoms with van der Waals surface area (Å²) in [6, 6.07) is -1.16. The van der Waals surface area contributed by atoms with E-state index in [0.717, 1.165) is 0 Å². The molecule has 0 saturated heterocycles. The van der Waals surface area contributed by atoms with Crippen LogP contribution < -0.4 is 10.6 Å². The minimum absolute atomic E-state index is 0.0627. The maximum absolute atomic E-state index is 12.6. The second-order valence-electron chi connectivity index (χ2n) is 4.98. The molecule has 2 amide bonds. The second kappa shape index (κ2) is 6.12. The molecule has 0 aliphatic rings. The van der Waals surface area contributed by atoms with E-state index in [1.54, 1.807) is 0 Å². The van der Waals surface area contributed by atoms with Crippen molar-refractivity contribution in [3.05, 3.63) is 0 Å². The zero-order chi connectivity index (χ0) is 15.4. The molecule has 2 unspecified atom stereocenters. The molecule has 8 heteroatoms. The van der Waals surface area contributed by atoms with Gasteiger partial charge in [0.05, 0.1) is 0 Å². The summed E-state index contributed by atoms with van der Waals surface area (Å²) in [5.74, 6) is -1.85. The van der Waals surface area contributed by atoms with Gasteiger partial charge in [-0.1, -0.05) is 20.8 Å². The highest BCUT2D eigenvalue weighted by Crippen LogP contribution is 2.30. The molecule has 0 aliphatic carbocycles. The Kier molecular flexibility index (Phi) is 5.64. The summed E-state index contributed by atoms with van der Waals surface area (Å²) in [6.45, 7) is 6.20. The van der Waals surface area contributed by atoms with Crippen LogP contribution in [0.4, 0.5) is 18.0 Å². The minimum atomic E-state index is -5.08. The first-order chi connectivity index (χ1) is 8.41. The Balaban J connectivity index is 4.64. The lowest BCUT2D eigenvalue weighted by molar-refractivity contribution is -0.203. The molecule has 0 saturated carbocycles. The lowest BCUT2D eigenvalue weighted by atomic mass is 9.98. The standard InChI is InChI=1S/C11H19F3N2O3/c1-6(2)7(3)5-15-9(19)16-10(4,8(17)18)11(12,13)14/h6-7H,5H2,1-4H3,(H,17,18)(H2,15,16,19). The first kappa shape index (κ1) is 17.5. The van der Waals surface area contributed by atoms with Crippen LogP contribution in [0, 0.1) is 11.8 Å². The Morgan fingerprint density at radius 1 is 1.21 bits per heavy atom. The number of amides is 2. The van der Waals surface area contributed by atoms with Crippen LogP contribution in [0.5, 0.6) is 0 Å². The zero-order valence-electron chi connectivity index (χ0n) is 11.3. The number of hydrogen-bond donors (Lipinski definition) is 3. The third kappa shape index (κ3) is 4.60. The summed E-state index contributed by atoms with van der Waals surface area (Å²) >= 11 is 0. The van der Waals surface area contributed by atoms with E-state index in [1.165, 1.54) is 5.32 Å². The smallest absolute Gasteiger partial charge is 0.422 e. The lowest BCUT2D eigenvalue weighted by Gasteiger charge is -2.29. The Morgan fingerprint density at radius 2 is 1.68 bits per heavy atom. The summed E-state index contributed by atoms with van der Waals surface area (Å²) < 4.78 is 37.9. The van der Waals surface area contributed by atoms with Gasteiger partial charge in [-0.15, -0.1) is 0 Å². The zero-order valence-corrected chi connectivity index (χ0v) is 11.3. The Bertz CT molecular complexity index is 345. The van der Waals surface area contributed by atoms with E-state index in [4.69, 9.17) is 5.11 Å². The van der Waals surface area contributed by atoms with Gasteiger partial charge in [0, 0.05) is 6.54 Å². The molecule has 3 N–H and O–H groups in total. The molecule has 0 aromatic carbocycles. The minimum Gasteiger partial charge on any atom is -0.479 e. The predicted molar refractivity (Wildman–Crippen MR) is 62.6 cm³/mol. The van der Waals surface area contributed by atoms with Gasteiger partial charge in [-0.05, 0) is 18.8 Å². The average molecular weight is 284 g/mol. The summed E-state index contributed by atoms with van der Waals surface area (Å²) in [7, 11) is 0. The van der Waals surface area contributed by atoms with Crippen LogP contribution in [0.2, 0.25) is 0 Å². The highest BCUT2D eigenvalue weighted by atomic mass is 19.4. The van der Waals surface area contributed by atoms with Crippen LogP contribution in [-0.2, 0) is 4.79 Å². The Morgan fingerprint density at radius 3 is 2.00 bits per heavy atom. The van der Waals surface area contributed by atoms with Crippen molar-refractivity contribution in [2.75, 3.05) is 6.54 Å². The van der Waals surface area contributed by atoms with Crippen molar-refractivity contribution >= 4 is 12.0 Å². The van der Waals surface area contributed by atoms with Crippen molar-refractivity contribution in [3.63, 3.8) is 0 Å². The van der Waals surface area contributed by atoms with Gasteiger partial charge in [0.25, 0.3) is 0 Å². The van der Waals surface area contributed by atoms with E-state index in [-0.39, 0.29) is 18.4 Å². The van der Waals surface area contributed by atoms with E-state index in [2.05, 4.69) is 5.32 Å². The van der Waals surface area contributed by atoms with Crippen LogP contribution in [0.1, 0.15) is 27.7 Å². The molecule has 0 aromatic heterocycles. The third-order valence-electron chi connectivity index (χ3n) is 3.08. The van der Waals surface area contributed by atoms with Gasteiger partial charge in [-0.3, -0.25) is 0 Å². The third-order valence-corrected chi connectivity index (χ3v) is 3.08. The molecule has 0 radical (unpaired) electrons. The molecule has 0 fully saturated rings. The summed E-state index contributed by atoms with van der Waals surface area (Å²) in [4.78, 5) is 22.0. The Hall–Kier alpha value is -1.47. The molecule has 0 bridgehead atoms. The molecule has 112 valence electrons. The maximum atomic E-state index is 12.6. The number of hydrogen-bond acceptors (Lipinski definition) is 2. The number of carboxylic acids is 1. The number of carbonyl (C=O) groups is 2. The van der Waals surface area contributed by atoms with E-state index >= 15 is 0 Å². The molecular weight excluding hydrogens is 265 g/mol. The van der Waals surface area contributed by atoms with Gasteiger partial charge in [-0.25, -0.2) is 9.59 Å². The monoisotopic (exact) mass is 284 g/mol. The van der Waals surface area contributed by atoms with E-state index in [0.29, 0.717) is 6.92 Å². The van der Waals surface area contributed by atoms with Crippen molar-refractivity contribution in [2.24, 2.45) is 11.8 Å². The normalized spacial score (nSPS) is 16.6. The van der Waals surface area contributed by atoms with Crippen LogP contribution >= 0.6 is 0 Å². The number of carbonyl (C=O) groups excluding carboxylic acids is 1. The molecular formula is C11H19F3N2O3. The van der Waals surface area contributed by atoms with Crippen LogP contribution in [0.3, 0.4) is 0 Å². The number of rotatable bonds is 5. The summed E-state index contributed by atoms with van der Waals surface area (Å²) in [5, 5.41) is 12.3. The molecule has 5 nitrogen and oxygen atoms in total. The van der Waals surface area contributed by atoms with Crippen molar-refractivity contribution in [2.45, 2.75) is 39.4 Å². The topological polar surface area (TPSA) is 78.4 Å². The van der Waals surface area contributed by atoms with Gasteiger partial charge >= 0.3 is 18.2 Å². The fraction of sp³-hybridized carbons (Fsp3) is 0.818. The highest BCUT2D eigenvalue weighted by molar-refractivity contribution is 5.86. The largest absolute Gasteiger partial charge is 0.479 e. The molecule has 19 heavy (non-hydrogen) atoms.